The first kappa shape index (κ1) is 11.4. The highest BCUT2D eigenvalue weighted by molar-refractivity contribution is 9.10. The first-order valence-corrected chi connectivity index (χ1v) is 5.65. The zero-order chi connectivity index (χ0) is 10.7. The van der Waals surface area contributed by atoms with Crippen molar-refractivity contribution in [3.8, 4) is 6.07 Å². The molecular weight excluding hydrogens is 310 g/mol. The van der Waals surface area contributed by atoms with Gasteiger partial charge in [-0.3, -0.25) is 4.79 Å². The van der Waals surface area contributed by atoms with Crippen molar-refractivity contribution in [2.75, 3.05) is 0 Å². The largest absolute Gasteiger partial charge is 0.293 e. The summed E-state index contributed by atoms with van der Waals surface area (Å²) in [6, 6.07) is 6.97. The molecule has 0 aliphatic carbocycles. The lowest BCUT2D eigenvalue weighted by atomic mass is 10.1. The quantitative estimate of drug-likeness (QED) is 0.620. The van der Waals surface area contributed by atoms with Gasteiger partial charge in [0.05, 0.1) is 10.4 Å². The van der Waals surface area contributed by atoms with Crippen molar-refractivity contribution in [3.63, 3.8) is 0 Å². The highest BCUT2D eigenvalue weighted by Crippen LogP contribution is 2.19. The van der Waals surface area contributed by atoms with Crippen LogP contribution in [0.15, 0.2) is 22.7 Å². The molecule has 2 nitrogen and oxygen atoms in total. The molecule has 0 fully saturated rings. The molecule has 0 heterocycles. The van der Waals surface area contributed by atoms with E-state index in [1.807, 2.05) is 6.07 Å². The first-order chi connectivity index (χ1) is 6.56. The molecule has 0 saturated heterocycles. The van der Waals surface area contributed by atoms with Crippen LogP contribution in [-0.2, 0) is 0 Å². The Hall–Kier alpha value is -0.660. The number of carbonyl (C=O) groups excluding carboxylic acids is 1. The maximum absolute atomic E-state index is 11.5. The molecule has 0 spiro atoms. The van der Waals surface area contributed by atoms with E-state index in [0.717, 1.165) is 0 Å². The van der Waals surface area contributed by atoms with E-state index in [0.29, 0.717) is 15.6 Å². The second-order valence-corrected chi connectivity index (χ2v) is 5.01. The van der Waals surface area contributed by atoms with Gasteiger partial charge in [0, 0.05) is 10.0 Å². The molecule has 1 aromatic rings. The number of benzene rings is 1. The molecule has 0 radical (unpaired) electrons. The van der Waals surface area contributed by atoms with Crippen LogP contribution in [0.5, 0.6) is 0 Å². The maximum Gasteiger partial charge on any atom is 0.176 e. The average Bonchev–Trinajstić information content (AvgIpc) is 2.16. The molecule has 1 atom stereocenters. The smallest absolute Gasteiger partial charge is 0.176 e. The minimum Gasteiger partial charge on any atom is -0.293 e. The number of rotatable bonds is 2. The molecule has 0 bridgehead atoms. The highest BCUT2D eigenvalue weighted by Gasteiger charge is 2.12. The molecule has 0 amide bonds. The van der Waals surface area contributed by atoms with Gasteiger partial charge < -0.3 is 0 Å². The van der Waals surface area contributed by atoms with Gasteiger partial charge in [0.2, 0.25) is 0 Å². The number of hydrogen-bond acceptors (Lipinski definition) is 2. The van der Waals surface area contributed by atoms with Crippen LogP contribution in [0.2, 0.25) is 0 Å². The van der Waals surface area contributed by atoms with Gasteiger partial charge in [-0.25, -0.2) is 0 Å². The zero-order valence-electron chi connectivity index (χ0n) is 7.42. The van der Waals surface area contributed by atoms with Crippen LogP contribution in [0.4, 0.5) is 0 Å². The van der Waals surface area contributed by atoms with Gasteiger partial charge in [-0.2, -0.15) is 5.26 Å². The molecule has 4 heteroatoms. The van der Waals surface area contributed by atoms with E-state index in [1.165, 1.54) is 0 Å². The number of halogens is 2. The van der Waals surface area contributed by atoms with Gasteiger partial charge in [0.15, 0.2) is 5.78 Å². The average molecular weight is 317 g/mol. The Morgan fingerprint density at radius 2 is 2.21 bits per heavy atom. The van der Waals surface area contributed by atoms with Gasteiger partial charge >= 0.3 is 0 Å². The lowest BCUT2D eigenvalue weighted by molar-refractivity contribution is 0.0996. The van der Waals surface area contributed by atoms with E-state index in [4.69, 9.17) is 5.26 Å². The fourth-order valence-electron chi connectivity index (χ4n) is 0.989. The maximum atomic E-state index is 11.5. The van der Waals surface area contributed by atoms with Crippen molar-refractivity contribution in [1.29, 1.82) is 5.26 Å². The zero-order valence-corrected chi connectivity index (χ0v) is 10.6. The summed E-state index contributed by atoms with van der Waals surface area (Å²) in [5.41, 5.74) is 1.13. The molecule has 0 saturated carbocycles. The van der Waals surface area contributed by atoms with Crippen LogP contribution in [-0.4, -0.2) is 10.6 Å². The summed E-state index contributed by atoms with van der Waals surface area (Å²) < 4.78 is 0.652. The van der Waals surface area contributed by atoms with Crippen molar-refractivity contribution in [2.45, 2.75) is 11.8 Å². The lowest BCUT2D eigenvalue weighted by Crippen LogP contribution is -2.09. The van der Waals surface area contributed by atoms with Gasteiger partial charge in [0.25, 0.3) is 0 Å². The Bertz CT molecular complexity index is 407. The summed E-state index contributed by atoms with van der Waals surface area (Å²) in [6.07, 6.45) is 0. The van der Waals surface area contributed by atoms with Crippen LogP contribution in [0.25, 0.3) is 0 Å². The van der Waals surface area contributed by atoms with Gasteiger partial charge in [0.1, 0.15) is 6.07 Å². The highest BCUT2D eigenvalue weighted by atomic mass is 79.9. The third-order valence-electron chi connectivity index (χ3n) is 1.74. The molecule has 72 valence electrons. The summed E-state index contributed by atoms with van der Waals surface area (Å²) in [6.45, 7) is 1.77. The minimum atomic E-state index is -0.206. The monoisotopic (exact) mass is 315 g/mol. The van der Waals surface area contributed by atoms with Crippen LogP contribution < -0.4 is 0 Å². The molecule has 14 heavy (non-hydrogen) atoms. The Morgan fingerprint density at radius 1 is 1.57 bits per heavy atom. The SMILES string of the molecule is CC(Br)C(=O)c1ccc(C#N)c(Br)c1. The lowest BCUT2D eigenvalue weighted by Gasteiger charge is -2.03. The third kappa shape index (κ3) is 2.43. The van der Waals surface area contributed by atoms with E-state index in [-0.39, 0.29) is 10.6 Å². The molecule has 0 aliphatic heterocycles. The number of nitrogens with zero attached hydrogens (tertiary/aromatic N) is 1. The van der Waals surface area contributed by atoms with Crippen molar-refractivity contribution in [2.24, 2.45) is 0 Å². The molecule has 1 rings (SSSR count). The number of Topliss-reactive ketones (excluding diaryl/α,β-unsaturated/α-hetero) is 1. The summed E-state index contributed by atoms with van der Waals surface area (Å²) in [7, 11) is 0. The Balaban J connectivity index is 3.11. The number of ketones is 1. The van der Waals surface area contributed by atoms with Crippen LogP contribution in [0, 0.1) is 11.3 Å². The summed E-state index contributed by atoms with van der Waals surface area (Å²) >= 11 is 6.44. The molecule has 0 aliphatic rings. The summed E-state index contributed by atoms with van der Waals surface area (Å²) in [4.78, 5) is 11.3. The predicted molar refractivity (Wildman–Crippen MR) is 61.6 cm³/mol. The second-order valence-electron chi connectivity index (χ2n) is 2.79. The predicted octanol–water partition coefficient (Wildman–Crippen LogP) is 3.29. The van der Waals surface area contributed by atoms with E-state index < -0.39 is 0 Å². The number of alkyl halides is 1. The fraction of sp³-hybridized carbons (Fsp3) is 0.200. The van der Waals surface area contributed by atoms with E-state index in [9.17, 15) is 4.79 Å². The Kier molecular flexibility index (Phi) is 3.85. The van der Waals surface area contributed by atoms with E-state index in [2.05, 4.69) is 31.9 Å². The van der Waals surface area contributed by atoms with Gasteiger partial charge in [-0.1, -0.05) is 15.9 Å². The van der Waals surface area contributed by atoms with Crippen molar-refractivity contribution >= 4 is 37.6 Å². The number of carbonyl (C=O) groups is 1. The van der Waals surface area contributed by atoms with Gasteiger partial charge in [-0.15, -0.1) is 0 Å². The van der Waals surface area contributed by atoms with Crippen molar-refractivity contribution in [3.05, 3.63) is 33.8 Å². The van der Waals surface area contributed by atoms with Crippen LogP contribution >= 0.6 is 31.9 Å². The fourth-order valence-corrected chi connectivity index (χ4v) is 1.72. The normalized spacial score (nSPS) is 11.9. The van der Waals surface area contributed by atoms with Gasteiger partial charge in [-0.05, 0) is 41.1 Å². The third-order valence-corrected chi connectivity index (χ3v) is 2.81. The molecule has 0 aromatic heterocycles. The Morgan fingerprint density at radius 3 is 2.64 bits per heavy atom. The van der Waals surface area contributed by atoms with Crippen LogP contribution in [0.3, 0.4) is 0 Å². The van der Waals surface area contributed by atoms with E-state index in [1.54, 1.807) is 25.1 Å². The van der Waals surface area contributed by atoms with Crippen LogP contribution in [0.1, 0.15) is 22.8 Å². The standard InChI is InChI=1S/C10H7Br2NO/c1-6(11)10(14)7-2-3-8(5-13)9(12)4-7/h2-4,6H,1H3. The molecule has 1 aromatic carbocycles. The minimum absolute atomic E-state index is 0.00943. The first-order valence-electron chi connectivity index (χ1n) is 3.94. The summed E-state index contributed by atoms with van der Waals surface area (Å²) in [5, 5.41) is 8.68. The van der Waals surface area contributed by atoms with Crippen molar-refractivity contribution < 1.29 is 4.79 Å². The number of hydrogen-bond donors (Lipinski definition) is 0. The molecule has 0 N–H and O–H groups in total. The Labute approximate surface area is 99.2 Å². The molecular formula is C10H7Br2NO. The molecule has 1 unspecified atom stereocenters. The van der Waals surface area contributed by atoms with E-state index >= 15 is 0 Å². The second kappa shape index (κ2) is 4.72. The number of nitriles is 1. The van der Waals surface area contributed by atoms with Crippen molar-refractivity contribution in [1.82, 2.24) is 0 Å². The topological polar surface area (TPSA) is 40.9 Å². The summed E-state index contributed by atoms with van der Waals surface area (Å²) in [5.74, 6) is 0.00943.